The fourth-order valence-corrected chi connectivity index (χ4v) is 2.44. The summed E-state index contributed by atoms with van der Waals surface area (Å²) in [5.41, 5.74) is 0. The highest BCUT2D eigenvalue weighted by molar-refractivity contribution is 5.76. The highest BCUT2D eigenvalue weighted by atomic mass is 16.5. The van der Waals surface area contributed by atoms with Gasteiger partial charge in [-0.25, -0.2) is 0 Å². The lowest BCUT2D eigenvalue weighted by Gasteiger charge is -2.34. The molecule has 1 amide bonds. The van der Waals surface area contributed by atoms with E-state index in [1.165, 1.54) is 25.7 Å². The average Bonchev–Trinajstić information content (AvgIpc) is 2.37. The fourth-order valence-electron chi connectivity index (χ4n) is 2.44. The number of piperidine rings is 1. The second kappa shape index (κ2) is 8.48. The van der Waals surface area contributed by atoms with E-state index in [4.69, 9.17) is 4.74 Å². The van der Waals surface area contributed by atoms with Gasteiger partial charge in [-0.1, -0.05) is 13.3 Å². The van der Waals surface area contributed by atoms with Gasteiger partial charge in [0.2, 0.25) is 5.91 Å². The molecule has 0 aromatic rings. The first kappa shape index (κ1) is 14.5. The Bertz CT molecular complexity index is 221. The topological polar surface area (TPSA) is 41.6 Å². The normalized spacial score (nSPS) is 21.4. The Kier molecular flexibility index (Phi) is 7.21. The van der Waals surface area contributed by atoms with Gasteiger partial charge in [-0.2, -0.15) is 0 Å². The van der Waals surface area contributed by atoms with Crippen LogP contribution in [0, 0.1) is 0 Å². The van der Waals surface area contributed by atoms with E-state index in [1.54, 1.807) is 7.11 Å². The molecule has 1 N–H and O–H groups in total. The molecule has 0 aromatic carbocycles. The minimum atomic E-state index is 0.141. The summed E-state index contributed by atoms with van der Waals surface area (Å²) in [5, 5.41) is 2.87. The van der Waals surface area contributed by atoms with Crippen molar-refractivity contribution in [3.63, 3.8) is 0 Å². The lowest BCUT2D eigenvalue weighted by atomic mass is 10.00. The molecule has 1 aliphatic rings. The molecule has 17 heavy (non-hydrogen) atoms. The number of nitrogens with zero attached hydrogens (tertiary/aromatic N) is 1. The van der Waals surface area contributed by atoms with Gasteiger partial charge in [-0.15, -0.1) is 0 Å². The number of nitrogens with one attached hydrogen (secondary N) is 1. The number of amides is 1. The first-order valence-corrected chi connectivity index (χ1v) is 6.77. The molecule has 1 saturated heterocycles. The van der Waals surface area contributed by atoms with Crippen molar-refractivity contribution in [3.8, 4) is 0 Å². The molecule has 0 aromatic heterocycles. The van der Waals surface area contributed by atoms with Crippen LogP contribution in [-0.2, 0) is 9.53 Å². The van der Waals surface area contributed by atoms with Gasteiger partial charge in [-0.05, 0) is 25.8 Å². The molecular weight excluding hydrogens is 216 g/mol. The zero-order valence-electron chi connectivity index (χ0n) is 11.2. The monoisotopic (exact) mass is 242 g/mol. The lowest BCUT2D eigenvalue weighted by molar-refractivity contribution is -0.121. The van der Waals surface area contributed by atoms with E-state index in [1.807, 2.05) is 0 Å². The number of methoxy groups -OCH3 is 1. The molecule has 1 fully saturated rings. The van der Waals surface area contributed by atoms with E-state index in [0.717, 1.165) is 13.1 Å². The van der Waals surface area contributed by atoms with E-state index in [2.05, 4.69) is 17.1 Å². The van der Waals surface area contributed by atoms with E-state index >= 15 is 0 Å². The molecular formula is C13H26N2O2. The molecule has 1 atom stereocenters. The summed E-state index contributed by atoms with van der Waals surface area (Å²) in [6, 6.07) is 0.690. The van der Waals surface area contributed by atoms with E-state index in [0.29, 0.717) is 25.6 Å². The highest BCUT2D eigenvalue weighted by Gasteiger charge is 2.20. The van der Waals surface area contributed by atoms with Gasteiger partial charge in [0, 0.05) is 32.7 Å². The average molecular weight is 242 g/mol. The summed E-state index contributed by atoms with van der Waals surface area (Å²) < 4.78 is 4.90. The Morgan fingerprint density at radius 2 is 2.29 bits per heavy atom. The predicted octanol–water partition coefficient (Wildman–Crippen LogP) is 1.40. The molecule has 1 aliphatic heterocycles. The number of rotatable bonds is 7. The molecule has 1 unspecified atom stereocenters. The van der Waals surface area contributed by atoms with Gasteiger partial charge < -0.3 is 10.1 Å². The lowest BCUT2D eigenvalue weighted by Crippen LogP contribution is -2.41. The zero-order chi connectivity index (χ0) is 12.5. The van der Waals surface area contributed by atoms with Crippen molar-refractivity contribution in [2.24, 2.45) is 0 Å². The third-order valence-electron chi connectivity index (χ3n) is 3.47. The van der Waals surface area contributed by atoms with Crippen LogP contribution in [0.2, 0.25) is 0 Å². The first-order valence-electron chi connectivity index (χ1n) is 6.77. The summed E-state index contributed by atoms with van der Waals surface area (Å²) in [6.07, 6.45) is 5.73. The number of ether oxygens (including phenoxy) is 1. The second-order valence-corrected chi connectivity index (χ2v) is 4.69. The smallest absolute Gasteiger partial charge is 0.221 e. The van der Waals surface area contributed by atoms with Crippen LogP contribution in [0.4, 0.5) is 0 Å². The second-order valence-electron chi connectivity index (χ2n) is 4.69. The number of likely N-dealkylation sites (tertiary alicyclic amines) is 1. The fraction of sp³-hybridized carbons (Fsp3) is 0.923. The van der Waals surface area contributed by atoms with Crippen LogP contribution < -0.4 is 5.32 Å². The van der Waals surface area contributed by atoms with Crippen molar-refractivity contribution < 1.29 is 9.53 Å². The molecule has 4 nitrogen and oxygen atoms in total. The number of hydrogen-bond donors (Lipinski definition) is 1. The Morgan fingerprint density at radius 1 is 1.47 bits per heavy atom. The molecule has 1 heterocycles. The summed E-state index contributed by atoms with van der Waals surface area (Å²) in [4.78, 5) is 14.0. The Labute approximate surface area is 105 Å². The summed E-state index contributed by atoms with van der Waals surface area (Å²) >= 11 is 0. The molecule has 0 saturated carbocycles. The van der Waals surface area contributed by atoms with Crippen molar-refractivity contribution in [1.29, 1.82) is 0 Å². The number of carbonyl (C=O) groups is 1. The maximum atomic E-state index is 11.6. The SMILES string of the molecule is CCC1CCCCN1CCC(=O)NCCOC. The van der Waals surface area contributed by atoms with Crippen molar-refractivity contribution in [3.05, 3.63) is 0 Å². The molecule has 0 spiro atoms. The maximum Gasteiger partial charge on any atom is 0.221 e. The third kappa shape index (κ3) is 5.50. The molecule has 0 radical (unpaired) electrons. The molecule has 0 aliphatic carbocycles. The van der Waals surface area contributed by atoms with Crippen molar-refractivity contribution in [2.75, 3.05) is 33.4 Å². The van der Waals surface area contributed by atoms with Crippen molar-refractivity contribution >= 4 is 5.91 Å². The van der Waals surface area contributed by atoms with Gasteiger partial charge in [0.15, 0.2) is 0 Å². The number of hydrogen-bond acceptors (Lipinski definition) is 3. The molecule has 4 heteroatoms. The van der Waals surface area contributed by atoms with Gasteiger partial charge >= 0.3 is 0 Å². The Balaban J connectivity index is 2.17. The van der Waals surface area contributed by atoms with E-state index in [9.17, 15) is 4.79 Å². The van der Waals surface area contributed by atoms with Gasteiger partial charge in [0.25, 0.3) is 0 Å². The van der Waals surface area contributed by atoms with Gasteiger partial charge in [-0.3, -0.25) is 9.69 Å². The maximum absolute atomic E-state index is 11.6. The quantitative estimate of drug-likeness (QED) is 0.686. The van der Waals surface area contributed by atoms with Crippen LogP contribution in [0.25, 0.3) is 0 Å². The highest BCUT2D eigenvalue weighted by Crippen LogP contribution is 2.19. The summed E-state index contributed by atoms with van der Waals surface area (Å²) in [7, 11) is 1.64. The number of carbonyl (C=O) groups excluding carboxylic acids is 1. The van der Waals surface area contributed by atoms with Crippen LogP contribution in [-0.4, -0.2) is 50.2 Å². The minimum Gasteiger partial charge on any atom is -0.383 e. The zero-order valence-corrected chi connectivity index (χ0v) is 11.2. The molecule has 1 rings (SSSR count). The summed E-state index contributed by atoms with van der Waals surface area (Å²) in [6.45, 7) is 5.50. The van der Waals surface area contributed by atoms with E-state index < -0.39 is 0 Å². The first-order chi connectivity index (χ1) is 8.27. The van der Waals surface area contributed by atoms with E-state index in [-0.39, 0.29) is 5.91 Å². The van der Waals surface area contributed by atoms with Gasteiger partial charge in [0.05, 0.1) is 6.61 Å². The van der Waals surface area contributed by atoms with Crippen LogP contribution in [0.1, 0.15) is 39.0 Å². The third-order valence-corrected chi connectivity index (χ3v) is 3.47. The largest absolute Gasteiger partial charge is 0.383 e. The predicted molar refractivity (Wildman–Crippen MR) is 69.0 cm³/mol. The van der Waals surface area contributed by atoms with Gasteiger partial charge in [0.1, 0.15) is 0 Å². The van der Waals surface area contributed by atoms with Crippen LogP contribution >= 0.6 is 0 Å². The van der Waals surface area contributed by atoms with Crippen molar-refractivity contribution in [1.82, 2.24) is 10.2 Å². The van der Waals surface area contributed by atoms with Crippen LogP contribution in [0.5, 0.6) is 0 Å². The minimum absolute atomic E-state index is 0.141. The summed E-state index contributed by atoms with van der Waals surface area (Å²) in [5.74, 6) is 0.141. The van der Waals surface area contributed by atoms with Crippen LogP contribution in [0.15, 0.2) is 0 Å². The Morgan fingerprint density at radius 3 is 3.00 bits per heavy atom. The van der Waals surface area contributed by atoms with Crippen LogP contribution in [0.3, 0.4) is 0 Å². The molecule has 0 bridgehead atoms. The standard InChI is InChI=1S/C13H26N2O2/c1-3-12-6-4-5-9-15(12)10-7-13(16)14-8-11-17-2/h12H,3-11H2,1-2H3,(H,14,16). The molecule has 100 valence electrons. The Hall–Kier alpha value is -0.610. The van der Waals surface area contributed by atoms with Crippen molar-refractivity contribution in [2.45, 2.75) is 45.1 Å².